The number of benzene rings is 2. The second-order valence-corrected chi connectivity index (χ2v) is 4.51. The summed E-state index contributed by atoms with van der Waals surface area (Å²) in [6.45, 7) is 0.384. The number of ether oxygens (including phenoxy) is 1. The molecule has 0 bridgehead atoms. The molecule has 6 heteroatoms. The molecule has 5 nitrogen and oxygen atoms in total. The topological polar surface area (TPSA) is 70.6 Å². The lowest BCUT2D eigenvalue weighted by Crippen LogP contribution is -2.30. The van der Waals surface area contributed by atoms with Gasteiger partial charge in [-0.2, -0.15) is 0 Å². The average molecular weight is 304 g/mol. The Labute approximate surface area is 127 Å². The zero-order chi connectivity index (χ0) is 15.8. The van der Waals surface area contributed by atoms with Crippen molar-refractivity contribution in [1.29, 1.82) is 0 Å². The Bertz CT molecular complexity index is 634. The summed E-state index contributed by atoms with van der Waals surface area (Å²) in [5.74, 6) is 0.352. The van der Waals surface area contributed by atoms with E-state index >= 15 is 0 Å². The number of hydrogen-bond donors (Lipinski definition) is 3. The molecule has 0 aliphatic carbocycles. The molecule has 0 fully saturated rings. The van der Waals surface area contributed by atoms with Gasteiger partial charge < -0.3 is 20.5 Å². The third-order valence-electron chi connectivity index (χ3n) is 2.78. The number of halogens is 1. The van der Waals surface area contributed by atoms with Gasteiger partial charge in [0.05, 0.1) is 5.69 Å². The Balaban J connectivity index is 2.05. The van der Waals surface area contributed by atoms with Crippen LogP contribution >= 0.6 is 0 Å². The monoisotopic (exact) mass is 304 g/mol. The van der Waals surface area contributed by atoms with Gasteiger partial charge in [0.1, 0.15) is 11.6 Å². The van der Waals surface area contributed by atoms with Gasteiger partial charge in [0.25, 0.3) is 0 Å². The average Bonchev–Trinajstić information content (AvgIpc) is 2.50. The maximum absolute atomic E-state index is 13.2. The summed E-state index contributed by atoms with van der Waals surface area (Å²) >= 11 is 0. The van der Waals surface area contributed by atoms with Crippen molar-refractivity contribution in [2.24, 2.45) is 0 Å². The van der Waals surface area contributed by atoms with E-state index in [-0.39, 0.29) is 6.61 Å². The van der Waals surface area contributed by atoms with Crippen molar-refractivity contribution in [3.63, 3.8) is 0 Å². The van der Waals surface area contributed by atoms with Gasteiger partial charge in [-0.05, 0) is 30.7 Å². The number of carbonyl (C=O) groups is 1. The summed E-state index contributed by atoms with van der Waals surface area (Å²) < 4.78 is 18.8. The minimum Gasteiger partial charge on any atom is -0.455 e. The number of carbonyl (C=O) groups excluding carboxylic acids is 1. The van der Waals surface area contributed by atoms with Crippen molar-refractivity contribution in [2.75, 3.05) is 18.5 Å². The van der Waals surface area contributed by atoms with Crippen LogP contribution in [-0.2, 0) is 0 Å². The van der Waals surface area contributed by atoms with Crippen LogP contribution in [0.2, 0.25) is 0 Å². The van der Waals surface area contributed by atoms with Crippen LogP contribution < -0.4 is 15.4 Å². The number of hydrogen-bond acceptors (Lipinski definition) is 3. The van der Waals surface area contributed by atoms with Gasteiger partial charge >= 0.3 is 6.03 Å². The van der Waals surface area contributed by atoms with E-state index in [0.717, 1.165) is 0 Å². The summed E-state index contributed by atoms with van der Waals surface area (Å²) in [5.41, 5.74) is 0.466. The number of para-hydroxylation sites is 2. The lowest BCUT2D eigenvalue weighted by atomic mass is 10.3. The van der Waals surface area contributed by atoms with Crippen LogP contribution in [0.4, 0.5) is 14.9 Å². The van der Waals surface area contributed by atoms with Crippen molar-refractivity contribution < 1.29 is 19.0 Å². The van der Waals surface area contributed by atoms with Crippen molar-refractivity contribution in [1.82, 2.24) is 5.32 Å². The number of anilines is 1. The highest BCUT2D eigenvalue weighted by molar-refractivity contribution is 5.90. The Morgan fingerprint density at radius 2 is 2.00 bits per heavy atom. The van der Waals surface area contributed by atoms with Crippen LogP contribution in [0.15, 0.2) is 48.5 Å². The Morgan fingerprint density at radius 1 is 1.18 bits per heavy atom. The number of rotatable bonds is 6. The summed E-state index contributed by atoms with van der Waals surface area (Å²) in [6, 6.07) is 12.2. The summed E-state index contributed by atoms with van der Waals surface area (Å²) in [6.07, 6.45) is 0.481. The zero-order valence-corrected chi connectivity index (χ0v) is 11.9. The Kier molecular flexibility index (Phi) is 5.73. The molecule has 0 heterocycles. The highest BCUT2D eigenvalue weighted by Crippen LogP contribution is 2.29. The molecule has 0 unspecified atom stereocenters. The molecule has 0 aromatic heterocycles. The molecular formula is C16H17FN2O3. The number of amides is 2. The standard InChI is InChI=1S/C16H17FN2O3/c17-12-5-3-6-13(11-12)22-15-8-2-1-7-14(15)19-16(21)18-9-4-10-20/h1-3,5-8,11,20H,4,9-10H2,(H2,18,19,21). The molecule has 0 atom stereocenters. The fraction of sp³-hybridized carbons (Fsp3) is 0.188. The predicted octanol–water partition coefficient (Wildman–Crippen LogP) is 3.12. The first-order valence-electron chi connectivity index (χ1n) is 6.87. The van der Waals surface area contributed by atoms with Gasteiger partial charge in [-0.15, -0.1) is 0 Å². The quantitative estimate of drug-likeness (QED) is 0.718. The van der Waals surface area contributed by atoms with Gasteiger partial charge in [-0.1, -0.05) is 18.2 Å². The second-order valence-electron chi connectivity index (χ2n) is 4.51. The van der Waals surface area contributed by atoms with Crippen molar-refractivity contribution in [3.8, 4) is 11.5 Å². The molecule has 2 rings (SSSR count). The van der Waals surface area contributed by atoms with E-state index in [4.69, 9.17) is 9.84 Å². The first-order chi connectivity index (χ1) is 10.7. The van der Waals surface area contributed by atoms with E-state index in [9.17, 15) is 9.18 Å². The van der Waals surface area contributed by atoms with Crippen LogP contribution in [0, 0.1) is 5.82 Å². The SMILES string of the molecule is O=C(NCCCO)Nc1ccccc1Oc1cccc(F)c1. The summed E-state index contributed by atoms with van der Waals surface area (Å²) in [4.78, 5) is 11.7. The lowest BCUT2D eigenvalue weighted by molar-refractivity contribution is 0.248. The largest absolute Gasteiger partial charge is 0.455 e. The highest BCUT2D eigenvalue weighted by Gasteiger charge is 2.08. The van der Waals surface area contributed by atoms with Gasteiger partial charge in [-0.25, -0.2) is 9.18 Å². The van der Waals surface area contributed by atoms with E-state index in [0.29, 0.717) is 30.2 Å². The molecule has 0 radical (unpaired) electrons. The van der Waals surface area contributed by atoms with E-state index < -0.39 is 11.8 Å². The van der Waals surface area contributed by atoms with E-state index in [1.807, 2.05) is 0 Å². The zero-order valence-electron chi connectivity index (χ0n) is 11.9. The number of urea groups is 1. The third kappa shape index (κ3) is 4.75. The molecule has 22 heavy (non-hydrogen) atoms. The first-order valence-corrected chi connectivity index (χ1v) is 6.87. The van der Waals surface area contributed by atoms with E-state index in [1.165, 1.54) is 12.1 Å². The van der Waals surface area contributed by atoms with Gasteiger partial charge in [-0.3, -0.25) is 0 Å². The molecule has 0 saturated heterocycles. The van der Waals surface area contributed by atoms with Crippen LogP contribution in [0.1, 0.15) is 6.42 Å². The highest BCUT2D eigenvalue weighted by atomic mass is 19.1. The smallest absolute Gasteiger partial charge is 0.319 e. The third-order valence-corrected chi connectivity index (χ3v) is 2.78. The fourth-order valence-corrected chi connectivity index (χ4v) is 1.76. The summed E-state index contributed by atoms with van der Waals surface area (Å²) in [7, 11) is 0. The summed E-state index contributed by atoms with van der Waals surface area (Å²) in [5, 5.41) is 13.9. The lowest BCUT2D eigenvalue weighted by Gasteiger charge is -2.12. The number of aliphatic hydroxyl groups excluding tert-OH is 1. The first kappa shape index (κ1) is 15.8. The molecule has 0 spiro atoms. The minimum absolute atomic E-state index is 0.0134. The molecule has 3 N–H and O–H groups in total. The van der Waals surface area contributed by atoms with E-state index in [1.54, 1.807) is 36.4 Å². The fourth-order valence-electron chi connectivity index (χ4n) is 1.76. The normalized spacial score (nSPS) is 10.1. The molecule has 0 aliphatic rings. The molecule has 0 saturated carbocycles. The van der Waals surface area contributed by atoms with Gasteiger partial charge in [0.15, 0.2) is 5.75 Å². The van der Waals surface area contributed by atoms with Gasteiger partial charge in [0.2, 0.25) is 0 Å². The molecular weight excluding hydrogens is 287 g/mol. The molecule has 0 aliphatic heterocycles. The van der Waals surface area contributed by atoms with Crippen molar-refractivity contribution in [2.45, 2.75) is 6.42 Å². The Morgan fingerprint density at radius 3 is 2.77 bits per heavy atom. The maximum atomic E-state index is 13.2. The van der Waals surface area contributed by atoms with Crippen molar-refractivity contribution >= 4 is 11.7 Å². The van der Waals surface area contributed by atoms with E-state index in [2.05, 4.69) is 10.6 Å². The molecule has 2 aromatic rings. The van der Waals surface area contributed by atoms with Crippen LogP contribution in [-0.4, -0.2) is 24.3 Å². The maximum Gasteiger partial charge on any atom is 0.319 e. The molecule has 2 aromatic carbocycles. The van der Waals surface area contributed by atoms with Crippen LogP contribution in [0.5, 0.6) is 11.5 Å². The second kappa shape index (κ2) is 7.99. The van der Waals surface area contributed by atoms with Crippen molar-refractivity contribution in [3.05, 3.63) is 54.3 Å². The minimum atomic E-state index is -0.399. The number of nitrogens with one attached hydrogen (secondary N) is 2. The number of aliphatic hydroxyl groups is 1. The predicted molar refractivity (Wildman–Crippen MR) is 81.6 cm³/mol. The van der Waals surface area contributed by atoms with Crippen LogP contribution in [0.25, 0.3) is 0 Å². The Hall–Kier alpha value is -2.60. The molecule has 116 valence electrons. The molecule has 2 amide bonds. The van der Waals surface area contributed by atoms with Crippen LogP contribution in [0.3, 0.4) is 0 Å². The van der Waals surface area contributed by atoms with Gasteiger partial charge in [0, 0.05) is 19.2 Å².